The predicted molar refractivity (Wildman–Crippen MR) is 81.6 cm³/mol. The standard InChI is InChI=1S/C15H24BrNO/c1-11-10-14(16)12(2)13(15(11)18-4)8-6-5-7-9-17-3/h10,17H,5-9H2,1-4H3. The normalized spacial score (nSPS) is 10.7. The molecule has 0 atom stereocenters. The molecule has 2 nitrogen and oxygen atoms in total. The van der Waals surface area contributed by atoms with E-state index in [-0.39, 0.29) is 0 Å². The molecule has 0 bridgehead atoms. The molecule has 0 amide bonds. The molecule has 0 saturated heterocycles. The molecule has 1 N–H and O–H groups in total. The molecule has 1 aromatic rings. The van der Waals surface area contributed by atoms with Crippen LogP contribution < -0.4 is 10.1 Å². The quantitative estimate of drug-likeness (QED) is 0.768. The first-order valence-corrected chi connectivity index (χ1v) is 7.38. The van der Waals surface area contributed by atoms with E-state index in [0.717, 1.165) is 18.7 Å². The minimum atomic E-state index is 1.06. The van der Waals surface area contributed by atoms with Gasteiger partial charge in [-0.1, -0.05) is 22.4 Å². The van der Waals surface area contributed by atoms with E-state index in [2.05, 4.69) is 41.2 Å². The summed E-state index contributed by atoms with van der Waals surface area (Å²) >= 11 is 3.63. The third kappa shape index (κ3) is 3.99. The van der Waals surface area contributed by atoms with Gasteiger partial charge in [-0.05, 0) is 69.5 Å². The second-order valence-electron chi connectivity index (χ2n) is 4.73. The zero-order valence-corrected chi connectivity index (χ0v) is 13.5. The molecule has 0 radical (unpaired) electrons. The third-order valence-corrected chi connectivity index (χ3v) is 4.17. The van der Waals surface area contributed by atoms with Gasteiger partial charge >= 0.3 is 0 Å². The zero-order chi connectivity index (χ0) is 13.5. The summed E-state index contributed by atoms with van der Waals surface area (Å²) in [6, 6.07) is 2.14. The molecular formula is C15H24BrNO. The van der Waals surface area contributed by atoms with Crippen LogP contribution in [0.5, 0.6) is 5.75 Å². The average Bonchev–Trinajstić information content (AvgIpc) is 2.35. The summed E-state index contributed by atoms with van der Waals surface area (Å²) in [5, 5.41) is 3.19. The SMILES string of the molecule is CNCCCCCc1c(C)c(Br)cc(C)c1OC. The molecule has 0 heterocycles. The fraction of sp³-hybridized carbons (Fsp3) is 0.600. The Hall–Kier alpha value is -0.540. The maximum absolute atomic E-state index is 5.56. The van der Waals surface area contributed by atoms with Crippen molar-refractivity contribution in [3.63, 3.8) is 0 Å². The first-order chi connectivity index (χ1) is 8.61. The predicted octanol–water partition coefficient (Wildman–Crippen LogP) is 4.01. The Morgan fingerprint density at radius 2 is 1.94 bits per heavy atom. The summed E-state index contributed by atoms with van der Waals surface area (Å²) < 4.78 is 6.74. The number of rotatable bonds is 7. The van der Waals surface area contributed by atoms with Gasteiger partial charge in [0.25, 0.3) is 0 Å². The van der Waals surface area contributed by atoms with Gasteiger partial charge in [-0.2, -0.15) is 0 Å². The number of methoxy groups -OCH3 is 1. The number of unbranched alkanes of at least 4 members (excludes halogenated alkanes) is 2. The fourth-order valence-corrected chi connectivity index (χ4v) is 2.86. The Morgan fingerprint density at radius 3 is 2.56 bits per heavy atom. The van der Waals surface area contributed by atoms with Crippen LogP contribution in [0.3, 0.4) is 0 Å². The number of hydrogen-bond acceptors (Lipinski definition) is 2. The molecule has 0 aliphatic carbocycles. The van der Waals surface area contributed by atoms with Gasteiger partial charge < -0.3 is 10.1 Å². The van der Waals surface area contributed by atoms with Crippen molar-refractivity contribution in [2.45, 2.75) is 39.5 Å². The van der Waals surface area contributed by atoms with Crippen LogP contribution in [0.2, 0.25) is 0 Å². The molecule has 0 saturated carbocycles. The van der Waals surface area contributed by atoms with Gasteiger partial charge in [-0.15, -0.1) is 0 Å². The second kappa shape index (κ2) is 7.80. The Kier molecular flexibility index (Phi) is 6.72. The van der Waals surface area contributed by atoms with Crippen molar-refractivity contribution in [1.29, 1.82) is 0 Å². The second-order valence-corrected chi connectivity index (χ2v) is 5.58. The summed E-state index contributed by atoms with van der Waals surface area (Å²) in [6.07, 6.45) is 4.81. The van der Waals surface area contributed by atoms with Crippen molar-refractivity contribution in [3.8, 4) is 5.75 Å². The van der Waals surface area contributed by atoms with E-state index in [1.807, 2.05) is 7.05 Å². The maximum atomic E-state index is 5.56. The minimum Gasteiger partial charge on any atom is -0.496 e. The molecule has 0 aromatic heterocycles. The third-order valence-electron chi connectivity index (χ3n) is 3.34. The van der Waals surface area contributed by atoms with Gasteiger partial charge in [-0.3, -0.25) is 0 Å². The summed E-state index contributed by atoms with van der Waals surface area (Å²) in [5.41, 5.74) is 3.88. The van der Waals surface area contributed by atoms with Gasteiger partial charge in [0.15, 0.2) is 0 Å². The van der Waals surface area contributed by atoms with Gasteiger partial charge in [0.2, 0.25) is 0 Å². The molecule has 1 aromatic carbocycles. The molecule has 0 aliphatic heterocycles. The van der Waals surface area contributed by atoms with Crippen molar-refractivity contribution in [2.75, 3.05) is 20.7 Å². The monoisotopic (exact) mass is 313 g/mol. The van der Waals surface area contributed by atoms with Crippen molar-refractivity contribution in [3.05, 3.63) is 27.2 Å². The number of hydrogen-bond donors (Lipinski definition) is 1. The van der Waals surface area contributed by atoms with Crippen LogP contribution >= 0.6 is 15.9 Å². The average molecular weight is 314 g/mol. The Labute approximate surface area is 119 Å². The van der Waals surface area contributed by atoms with Crippen LogP contribution in [0.1, 0.15) is 36.0 Å². The Morgan fingerprint density at radius 1 is 1.22 bits per heavy atom. The summed E-state index contributed by atoms with van der Waals surface area (Å²) in [4.78, 5) is 0. The first-order valence-electron chi connectivity index (χ1n) is 6.59. The van der Waals surface area contributed by atoms with Gasteiger partial charge in [0, 0.05) is 4.47 Å². The summed E-state index contributed by atoms with van der Waals surface area (Å²) in [6.45, 7) is 5.37. The Balaban J connectivity index is 2.74. The minimum absolute atomic E-state index is 1.06. The number of nitrogens with one attached hydrogen (secondary N) is 1. The van der Waals surface area contributed by atoms with E-state index in [4.69, 9.17) is 4.74 Å². The highest BCUT2D eigenvalue weighted by Gasteiger charge is 2.12. The van der Waals surface area contributed by atoms with Crippen LogP contribution in [-0.4, -0.2) is 20.7 Å². The van der Waals surface area contributed by atoms with E-state index < -0.39 is 0 Å². The molecule has 1 rings (SSSR count). The number of halogens is 1. The number of benzene rings is 1. The largest absolute Gasteiger partial charge is 0.496 e. The summed E-state index contributed by atoms with van der Waals surface area (Å²) in [7, 11) is 3.77. The zero-order valence-electron chi connectivity index (χ0n) is 11.9. The van der Waals surface area contributed by atoms with E-state index in [1.54, 1.807) is 7.11 Å². The highest BCUT2D eigenvalue weighted by atomic mass is 79.9. The van der Waals surface area contributed by atoms with Crippen molar-refractivity contribution >= 4 is 15.9 Å². The lowest BCUT2D eigenvalue weighted by Gasteiger charge is -2.16. The lowest BCUT2D eigenvalue weighted by molar-refractivity contribution is 0.405. The van der Waals surface area contributed by atoms with E-state index in [1.165, 1.54) is 40.4 Å². The van der Waals surface area contributed by atoms with Crippen LogP contribution in [0.15, 0.2) is 10.5 Å². The van der Waals surface area contributed by atoms with Crippen LogP contribution in [0.4, 0.5) is 0 Å². The lowest BCUT2D eigenvalue weighted by atomic mass is 9.98. The maximum Gasteiger partial charge on any atom is 0.125 e. The van der Waals surface area contributed by atoms with Crippen LogP contribution in [0, 0.1) is 13.8 Å². The lowest BCUT2D eigenvalue weighted by Crippen LogP contribution is -2.07. The number of aryl methyl sites for hydroxylation is 1. The molecule has 102 valence electrons. The highest BCUT2D eigenvalue weighted by molar-refractivity contribution is 9.10. The molecule has 0 fully saturated rings. The van der Waals surface area contributed by atoms with Crippen LogP contribution in [-0.2, 0) is 6.42 Å². The van der Waals surface area contributed by atoms with Crippen LogP contribution in [0.25, 0.3) is 0 Å². The molecule has 0 unspecified atom stereocenters. The molecule has 18 heavy (non-hydrogen) atoms. The van der Waals surface area contributed by atoms with Crippen molar-refractivity contribution < 1.29 is 4.74 Å². The Bertz CT molecular complexity index is 391. The molecular weight excluding hydrogens is 290 g/mol. The first kappa shape index (κ1) is 15.5. The highest BCUT2D eigenvalue weighted by Crippen LogP contribution is 2.33. The topological polar surface area (TPSA) is 21.3 Å². The van der Waals surface area contributed by atoms with E-state index in [0.29, 0.717) is 0 Å². The van der Waals surface area contributed by atoms with Crippen molar-refractivity contribution in [2.24, 2.45) is 0 Å². The molecule has 0 spiro atoms. The number of ether oxygens (including phenoxy) is 1. The summed E-state index contributed by atoms with van der Waals surface area (Å²) in [5.74, 6) is 1.06. The molecule has 3 heteroatoms. The van der Waals surface area contributed by atoms with E-state index >= 15 is 0 Å². The van der Waals surface area contributed by atoms with Gasteiger partial charge in [0.1, 0.15) is 5.75 Å². The molecule has 0 aliphatic rings. The fourth-order valence-electron chi connectivity index (χ4n) is 2.28. The van der Waals surface area contributed by atoms with E-state index in [9.17, 15) is 0 Å². The van der Waals surface area contributed by atoms with Crippen molar-refractivity contribution in [1.82, 2.24) is 5.32 Å². The van der Waals surface area contributed by atoms with Gasteiger partial charge in [0.05, 0.1) is 7.11 Å². The van der Waals surface area contributed by atoms with Gasteiger partial charge in [-0.25, -0.2) is 0 Å². The smallest absolute Gasteiger partial charge is 0.125 e.